The van der Waals surface area contributed by atoms with Crippen LogP contribution in [0.25, 0.3) is 11.1 Å². The van der Waals surface area contributed by atoms with Crippen LogP contribution in [0.15, 0.2) is 72.2 Å². The topological polar surface area (TPSA) is 118 Å². The Hall–Kier alpha value is -3.62. The molecular formula is C27H30O8. The fraction of sp³-hybridized carbons (Fsp3) is 0.333. The highest BCUT2D eigenvalue weighted by atomic mass is 16.6. The molecule has 5 rings (SSSR count). The van der Waals surface area contributed by atoms with Gasteiger partial charge in [-0.05, 0) is 42.5 Å². The van der Waals surface area contributed by atoms with E-state index in [-0.39, 0.29) is 23.4 Å². The molecule has 0 amide bonds. The van der Waals surface area contributed by atoms with Crippen LogP contribution in [-0.4, -0.2) is 60.8 Å². The second-order valence-electron chi connectivity index (χ2n) is 8.28. The summed E-state index contributed by atoms with van der Waals surface area (Å²) in [6.45, 7) is 5.31. The first-order chi connectivity index (χ1) is 16.8. The Balaban J connectivity index is 0.000000148. The molecule has 2 atom stereocenters. The SMILES string of the molecule is CC(=COCC1CO1)C(=O)O.CC(=COCC1CO1)C(=O)O.c1ccc2c(c1)Cc1ccccc1-2. The smallest absolute Gasteiger partial charge is 0.334 e. The van der Waals surface area contributed by atoms with Crippen molar-refractivity contribution in [2.45, 2.75) is 32.5 Å². The minimum atomic E-state index is -0.957. The molecule has 0 aromatic heterocycles. The maximum absolute atomic E-state index is 10.2. The summed E-state index contributed by atoms with van der Waals surface area (Å²) in [5.41, 5.74) is 6.15. The van der Waals surface area contributed by atoms with Gasteiger partial charge >= 0.3 is 11.9 Å². The van der Waals surface area contributed by atoms with Crippen LogP contribution in [0.4, 0.5) is 0 Å². The first-order valence-corrected chi connectivity index (χ1v) is 11.3. The number of carboxylic acid groups (broad SMARTS) is 2. The molecule has 1 aliphatic carbocycles. The number of carbonyl (C=O) groups is 2. The van der Waals surface area contributed by atoms with Crippen LogP contribution in [0.5, 0.6) is 0 Å². The molecule has 2 unspecified atom stereocenters. The Morgan fingerprint density at radius 1 is 0.800 bits per heavy atom. The number of ether oxygens (including phenoxy) is 4. The van der Waals surface area contributed by atoms with E-state index in [0.717, 1.165) is 19.6 Å². The summed E-state index contributed by atoms with van der Waals surface area (Å²) in [5, 5.41) is 16.8. The van der Waals surface area contributed by atoms with Crippen molar-refractivity contribution < 1.29 is 38.7 Å². The van der Waals surface area contributed by atoms with Gasteiger partial charge in [0.1, 0.15) is 25.4 Å². The molecule has 2 saturated heterocycles. The highest BCUT2D eigenvalue weighted by Crippen LogP contribution is 2.35. The molecule has 2 fully saturated rings. The number of benzene rings is 2. The Labute approximate surface area is 204 Å². The van der Waals surface area contributed by atoms with E-state index in [1.807, 2.05) is 0 Å². The maximum atomic E-state index is 10.2. The van der Waals surface area contributed by atoms with E-state index >= 15 is 0 Å². The Bertz CT molecular complexity index is 995. The molecule has 8 heteroatoms. The van der Waals surface area contributed by atoms with Crippen LogP contribution < -0.4 is 0 Å². The summed E-state index contributed by atoms with van der Waals surface area (Å²) in [4.78, 5) is 20.4. The average molecular weight is 483 g/mol. The van der Waals surface area contributed by atoms with Crippen molar-refractivity contribution in [2.75, 3.05) is 26.4 Å². The summed E-state index contributed by atoms with van der Waals surface area (Å²) in [5.74, 6) is -1.91. The standard InChI is InChI=1S/C13H10.2C7H10O4/c1-3-7-12-10(5-1)9-11-6-2-4-8-13(11)12;2*1-5(7(8)9)2-10-3-6-4-11-6/h1-8H,9H2;2*2,6H,3-4H2,1H3,(H,8,9). The predicted octanol–water partition coefficient (Wildman–Crippen LogP) is 4.04. The van der Waals surface area contributed by atoms with Crippen LogP contribution in [0.2, 0.25) is 0 Å². The number of hydrogen-bond acceptors (Lipinski definition) is 6. The third-order valence-electron chi connectivity index (χ3n) is 5.27. The molecule has 35 heavy (non-hydrogen) atoms. The Morgan fingerprint density at radius 3 is 1.51 bits per heavy atom. The molecule has 3 aliphatic rings. The van der Waals surface area contributed by atoms with Crippen molar-refractivity contribution in [1.29, 1.82) is 0 Å². The third-order valence-corrected chi connectivity index (χ3v) is 5.27. The monoisotopic (exact) mass is 482 g/mol. The van der Waals surface area contributed by atoms with Crippen molar-refractivity contribution in [1.82, 2.24) is 0 Å². The van der Waals surface area contributed by atoms with Gasteiger partial charge < -0.3 is 29.2 Å². The number of epoxide rings is 2. The number of aliphatic carboxylic acids is 2. The lowest BCUT2D eigenvalue weighted by molar-refractivity contribution is -0.133. The number of fused-ring (bicyclic) bond motifs is 3. The van der Waals surface area contributed by atoms with Crippen LogP contribution in [0.3, 0.4) is 0 Å². The molecule has 0 saturated carbocycles. The number of rotatable bonds is 8. The van der Waals surface area contributed by atoms with Gasteiger partial charge in [-0.2, -0.15) is 0 Å². The van der Waals surface area contributed by atoms with Gasteiger partial charge in [0.05, 0.1) is 36.9 Å². The summed E-state index contributed by atoms with van der Waals surface area (Å²) < 4.78 is 19.5. The second-order valence-corrected chi connectivity index (χ2v) is 8.28. The van der Waals surface area contributed by atoms with E-state index in [1.54, 1.807) is 0 Å². The quantitative estimate of drug-likeness (QED) is 0.281. The molecule has 0 radical (unpaired) electrons. The summed E-state index contributed by atoms with van der Waals surface area (Å²) in [6.07, 6.45) is 3.93. The minimum Gasteiger partial charge on any atom is -0.498 e. The first kappa shape index (κ1) is 26.0. The molecule has 2 heterocycles. The van der Waals surface area contributed by atoms with Gasteiger partial charge in [0.15, 0.2) is 0 Å². The van der Waals surface area contributed by atoms with Crippen LogP contribution in [0, 0.1) is 0 Å². The van der Waals surface area contributed by atoms with Crippen LogP contribution >= 0.6 is 0 Å². The maximum Gasteiger partial charge on any atom is 0.334 e. The van der Waals surface area contributed by atoms with Gasteiger partial charge in [-0.15, -0.1) is 0 Å². The van der Waals surface area contributed by atoms with Crippen molar-refractivity contribution in [3.8, 4) is 11.1 Å². The zero-order valence-corrected chi connectivity index (χ0v) is 19.8. The van der Waals surface area contributed by atoms with Crippen molar-refractivity contribution in [2.24, 2.45) is 0 Å². The van der Waals surface area contributed by atoms with Crippen molar-refractivity contribution in [3.05, 3.63) is 83.3 Å². The average Bonchev–Trinajstić information content (AvgIpc) is 3.78. The summed E-state index contributed by atoms with van der Waals surface area (Å²) in [6, 6.07) is 17.3. The zero-order valence-electron chi connectivity index (χ0n) is 19.8. The fourth-order valence-electron chi connectivity index (χ4n) is 3.07. The number of hydrogen-bond donors (Lipinski definition) is 2. The molecule has 0 bridgehead atoms. The van der Waals surface area contributed by atoms with Crippen LogP contribution in [-0.2, 0) is 35.0 Å². The van der Waals surface area contributed by atoms with E-state index in [4.69, 9.17) is 29.2 Å². The van der Waals surface area contributed by atoms with Gasteiger partial charge in [0.25, 0.3) is 0 Å². The summed E-state index contributed by atoms with van der Waals surface area (Å²) >= 11 is 0. The highest BCUT2D eigenvalue weighted by Gasteiger charge is 2.23. The molecule has 2 aliphatic heterocycles. The minimum absolute atomic E-state index is 0.174. The Kier molecular flexibility index (Phi) is 9.46. The molecule has 2 aromatic rings. The largest absolute Gasteiger partial charge is 0.498 e. The Morgan fingerprint density at radius 2 is 1.17 bits per heavy atom. The number of carboxylic acids is 2. The molecule has 2 N–H and O–H groups in total. The lowest BCUT2D eigenvalue weighted by Gasteiger charge is -1.98. The van der Waals surface area contributed by atoms with E-state index in [0.29, 0.717) is 13.2 Å². The van der Waals surface area contributed by atoms with Gasteiger partial charge in [0, 0.05) is 0 Å². The molecule has 2 aromatic carbocycles. The first-order valence-electron chi connectivity index (χ1n) is 11.3. The van der Waals surface area contributed by atoms with Gasteiger partial charge in [0.2, 0.25) is 0 Å². The predicted molar refractivity (Wildman–Crippen MR) is 129 cm³/mol. The van der Waals surface area contributed by atoms with Crippen molar-refractivity contribution in [3.63, 3.8) is 0 Å². The van der Waals surface area contributed by atoms with Gasteiger partial charge in [-0.1, -0.05) is 48.5 Å². The van der Waals surface area contributed by atoms with E-state index < -0.39 is 11.9 Å². The molecule has 186 valence electrons. The van der Waals surface area contributed by atoms with E-state index in [9.17, 15) is 9.59 Å². The second kappa shape index (κ2) is 12.7. The van der Waals surface area contributed by atoms with E-state index in [2.05, 4.69) is 48.5 Å². The lowest BCUT2D eigenvalue weighted by Crippen LogP contribution is -2.00. The summed E-state index contributed by atoms with van der Waals surface area (Å²) in [7, 11) is 0. The zero-order chi connectivity index (χ0) is 25.2. The molecule has 8 nitrogen and oxygen atoms in total. The fourth-order valence-corrected chi connectivity index (χ4v) is 3.07. The van der Waals surface area contributed by atoms with E-state index in [1.165, 1.54) is 48.6 Å². The normalized spacial score (nSPS) is 19.0. The van der Waals surface area contributed by atoms with Gasteiger partial charge in [-0.25, -0.2) is 9.59 Å². The molecular weight excluding hydrogens is 452 g/mol. The molecule has 0 spiro atoms. The third kappa shape index (κ3) is 8.92. The van der Waals surface area contributed by atoms with Gasteiger partial charge in [-0.3, -0.25) is 0 Å². The van der Waals surface area contributed by atoms with Crippen LogP contribution in [0.1, 0.15) is 25.0 Å². The highest BCUT2D eigenvalue weighted by molar-refractivity contribution is 5.85. The van der Waals surface area contributed by atoms with Crippen molar-refractivity contribution >= 4 is 11.9 Å². The lowest BCUT2D eigenvalue weighted by atomic mass is 10.1.